The third kappa shape index (κ3) is 0.942. The van der Waals surface area contributed by atoms with Crippen molar-refractivity contribution in [3.63, 3.8) is 0 Å². The largest absolute Gasteiger partial charge is 0.316 e. The summed E-state index contributed by atoms with van der Waals surface area (Å²) in [6.45, 7) is 1.09. The Balaban J connectivity index is 2.03. The van der Waals surface area contributed by atoms with Crippen molar-refractivity contribution in [3.05, 3.63) is 18.0 Å². The van der Waals surface area contributed by atoms with Crippen LogP contribution in [0.25, 0.3) is 0 Å². The SMILES string of the molecule is Cn1cc(C23CCNCC2C3(F)F)cn1. The Labute approximate surface area is 86.5 Å². The van der Waals surface area contributed by atoms with Crippen molar-refractivity contribution in [2.45, 2.75) is 17.8 Å². The molecule has 1 saturated carbocycles. The summed E-state index contributed by atoms with van der Waals surface area (Å²) in [4.78, 5) is 0. The number of hydrogen-bond acceptors (Lipinski definition) is 2. The van der Waals surface area contributed by atoms with E-state index in [-0.39, 0.29) is 0 Å². The molecule has 2 aliphatic rings. The van der Waals surface area contributed by atoms with Crippen LogP contribution in [0, 0.1) is 5.92 Å². The molecule has 1 aliphatic heterocycles. The van der Waals surface area contributed by atoms with E-state index in [0.717, 1.165) is 0 Å². The molecule has 1 aromatic rings. The van der Waals surface area contributed by atoms with Gasteiger partial charge in [-0.2, -0.15) is 5.10 Å². The predicted octanol–water partition coefficient (Wildman–Crippen LogP) is 0.916. The number of nitrogens with one attached hydrogen (secondary N) is 1. The highest BCUT2D eigenvalue weighted by Gasteiger charge is 2.81. The van der Waals surface area contributed by atoms with E-state index in [1.165, 1.54) is 0 Å². The van der Waals surface area contributed by atoms with Crippen LogP contribution < -0.4 is 5.32 Å². The molecule has 1 saturated heterocycles. The fraction of sp³-hybridized carbons (Fsp3) is 0.700. The molecule has 2 unspecified atom stereocenters. The van der Waals surface area contributed by atoms with Crippen LogP contribution in [0.4, 0.5) is 8.78 Å². The van der Waals surface area contributed by atoms with Crippen molar-refractivity contribution >= 4 is 0 Å². The molecule has 0 amide bonds. The van der Waals surface area contributed by atoms with E-state index in [9.17, 15) is 8.78 Å². The van der Waals surface area contributed by atoms with Crippen molar-refractivity contribution < 1.29 is 8.78 Å². The second kappa shape index (κ2) is 2.58. The quantitative estimate of drug-likeness (QED) is 0.751. The van der Waals surface area contributed by atoms with E-state index in [0.29, 0.717) is 25.1 Å². The smallest absolute Gasteiger partial charge is 0.263 e. The van der Waals surface area contributed by atoms with Crippen LogP contribution in [0.2, 0.25) is 0 Å². The molecule has 3 rings (SSSR count). The second-order valence-electron chi connectivity index (χ2n) is 4.50. The van der Waals surface area contributed by atoms with Gasteiger partial charge >= 0.3 is 0 Å². The fourth-order valence-electron chi connectivity index (χ4n) is 2.90. The highest BCUT2D eigenvalue weighted by molar-refractivity contribution is 5.40. The van der Waals surface area contributed by atoms with Gasteiger partial charge in [-0.05, 0) is 13.0 Å². The van der Waals surface area contributed by atoms with Gasteiger partial charge in [-0.25, -0.2) is 8.78 Å². The monoisotopic (exact) mass is 213 g/mol. The Bertz CT molecular complexity index is 401. The van der Waals surface area contributed by atoms with E-state index in [1.807, 2.05) is 0 Å². The Hall–Kier alpha value is -0.970. The van der Waals surface area contributed by atoms with Gasteiger partial charge < -0.3 is 5.32 Å². The molecule has 2 atom stereocenters. The minimum absolute atomic E-state index is 0.419. The van der Waals surface area contributed by atoms with Gasteiger partial charge in [0.05, 0.1) is 17.5 Å². The Morgan fingerprint density at radius 1 is 1.60 bits per heavy atom. The van der Waals surface area contributed by atoms with E-state index < -0.39 is 17.3 Å². The van der Waals surface area contributed by atoms with Crippen molar-refractivity contribution in [2.75, 3.05) is 13.1 Å². The molecule has 1 N–H and O–H groups in total. The van der Waals surface area contributed by atoms with E-state index in [1.54, 1.807) is 24.1 Å². The number of aryl methyl sites for hydroxylation is 1. The molecule has 82 valence electrons. The number of alkyl halides is 2. The molecular formula is C10H13F2N3. The molecule has 2 heterocycles. The summed E-state index contributed by atoms with van der Waals surface area (Å²) < 4.78 is 29.1. The molecule has 0 radical (unpaired) electrons. The lowest BCUT2D eigenvalue weighted by Gasteiger charge is -2.19. The average molecular weight is 213 g/mol. The van der Waals surface area contributed by atoms with Crippen molar-refractivity contribution in [3.8, 4) is 0 Å². The lowest BCUT2D eigenvalue weighted by atomic mass is 9.90. The van der Waals surface area contributed by atoms with Gasteiger partial charge in [0, 0.05) is 25.4 Å². The van der Waals surface area contributed by atoms with E-state index >= 15 is 0 Å². The third-order valence-electron chi connectivity index (χ3n) is 3.81. The average Bonchev–Trinajstić information content (AvgIpc) is 2.56. The molecule has 1 aromatic heterocycles. The lowest BCUT2D eigenvalue weighted by molar-refractivity contribution is 0.0781. The normalized spacial score (nSPS) is 37.4. The second-order valence-corrected chi connectivity index (χ2v) is 4.50. The maximum absolute atomic E-state index is 13.8. The summed E-state index contributed by atoms with van der Waals surface area (Å²) >= 11 is 0. The fourth-order valence-corrected chi connectivity index (χ4v) is 2.90. The van der Waals surface area contributed by atoms with Crippen LogP contribution in [0.15, 0.2) is 12.4 Å². The third-order valence-corrected chi connectivity index (χ3v) is 3.81. The van der Waals surface area contributed by atoms with Gasteiger partial charge in [-0.1, -0.05) is 0 Å². The van der Waals surface area contributed by atoms with Crippen LogP contribution in [0.5, 0.6) is 0 Å². The lowest BCUT2D eigenvalue weighted by Crippen LogP contribution is -2.31. The minimum Gasteiger partial charge on any atom is -0.316 e. The maximum atomic E-state index is 13.8. The first-order chi connectivity index (χ1) is 7.09. The molecule has 5 heteroatoms. The van der Waals surface area contributed by atoms with Gasteiger partial charge in [-0.15, -0.1) is 0 Å². The summed E-state index contributed by atoms with van der Waals surface area (Å²) in [6, 6.07) is 0. The van der Waals surface area contributed by atoms with Gasteiger partial charge in [0.2, 0.25) is 0 Å². The van der Waals surface area contributed by atoms with Gasteiger partial charge in [0.15, 0.2) is 0 Å². The maximum Gasteiger partial charge on any atom is 0.263 e. The highest BCUT2D eigenvalue weighted by Crippen LogP contribution is 2.69. The number of piperidine rings is 1. The molecule has 15 heavy (non-hydrogen) atoms. The minimum atomic E-state index is -2.56. The predicted molar refractivity (Wildman–Crippen MR) is 50.8 cm³/mol. The van der Waals surface area contributed by atoms with Gasteiger partial charge in [-0.3, -0.25) is 4.68 Å². The molecular weight excluding hydrogens is 200 g/mol. The number of fused-ring (bicyclic) bond motifs is 1. The number of nitrogens with zero attached hydrogens (tertiary/aromatic N) is 2. The number of halogens is 2. The topological polar surface area (TPSA) is 29.9 Å². The zero-order chi connectivity index (χ0) is 10.7. The molecule has 3 nitrogen and oxygen atoms in total. The zero-order valence-electron chi connectivity index (χ0n) is 8.50. The Morgan fingerprint density at radius 2 is 2.40 bits per heavy atom. The highest BCUT2D eigenvalue weighted by atomic mass is 19.3. The molecule has 2 fully saturated rings. The van der Waals surface area contributed by atoms with Crippen molar-refractivity contribution in [1.29, 1.82) is 0 Å². The number of hydrogen-bond donors (Lipinski definition) is 1. The Kier molecular flexibility index (Phi) is 1.60. The van der Waals surface area contributed by atoms with Crippen LogP contribution in [-0.2, 0) is 12.5 Å². The standard InChI is InChI=1S/C10H13F2N3/c1-15-6-7(4-14-15)9-2-3-13-5-8(9)10(9,11)12/h4,6,8,13H,2-3,5H2,1H3. The van der Waals surface area contributed by atoms with Crippen LogP contribution in [-0.4, -0.2) is 28.8 Å². The molecule has 1 aliphatic carbocycles. The molecule has 0 aromatic carbocycles. The molecule has 0 bridgehead atoms. The van der Waals surface area contributed by atoms with Crippen LogP contribution in [0.1, 0.15) is 12.0 Å². The first-order valence-electron chi connectivity index (χ1n) is 5.17. The summed E-state index contributed by atoms with van der Waals surface area (Å²) in [7, 11) is 1.76. The Morgan fingerprint density at radius 3 is 3.00 bits per heavy atom. The first-order valence-corrected chi connectivity index (χ1v) is 5.17. The van der Waals surface area contributed by atoms with Crippen LogP contribution in [0.3, 0.4) is 0 Å². The zero-order valence-corrected chi connectivity index (χ0v) is 8.50. The van der Waals surface area contributed by atoms with Gasteiger partial charge in [0.1, 0.15) is 0 Å². The summed E-state index contributed by atoms with van der Waals surface area (Å²) in [5.41, 5.74) is -0.228. The molecule has 0 spiro atoms. The number of aromatic nitrogens is 2. The van der Waals surface area contributed by atoms with Gasteiger partial charge in [0.25, 0.3) is 5.92 Å². The van der Waals surface area contributed by atoms with Crippen molar-refractivity contribution in [1.82, 2.24) is 15.1 Å². The summed E-state index contributed by atoms with van der Waals surface area (Å²) in [6.07, 6.45) is 3.81. The number of rotatable bonds is 1. The van der Waals surface area contributed by atoms with E-state index in [2.05, 4.69) is 10.4 Å². The van der Waals surface area contributed by atoms with Crippen molar-refractivity contribution in [2.24, 2.45) is 13.0 Å². The van der Waals surface area contributed by atoms with E-state index in [4.69, 9.17) is 0 Å². The summed E-state index contributed by atoms with van der Waals surface area (Å²) in [5, 5.41) is 7.02. The van der Waals surface area contributed by atoms with Crippen LogP contribution >= 0.6 is 0 Å². The first kappa shape index (κ1) is 9.27. The summed E-state index contributed by atoms with van der Waals surface area (Å²) in [5.74, 6) is -3.09.